The summed E-state index contributed by atoms with van der Waals surface area (Å²) < 4.78 is 19.0. The summed E-state index contributed by atoms with van der Waals surface area (Å²) in [5.41, 5.74) is 2.95. The van der Waals surface area contributed by atoms with Crippen LogP contribution in [0, 0.1) is 9.39 Å². The number of hydrogen-bond donors (Lipinski definition) is 0. The Bertz CT molecular complexity index is 1350. The Balaban J connectivity index is 1.47. The number of fused-ring (bicyclic) bond motifs is 1. The first-order valence-corrected chi connectivity index (χ1v) is 14.6. The van der Waals surface area contributed by atoms with Gasteiger partial charge in [-0.25, -0.2) is 0 Å². The van der Waals surface area contributed by atoms with Crippen molar-refractivity contribution in [3.63, 3.8) is 0 Å². The van der Waals surface area contributed by atoms with E-state index in [4.69, 9.17) is 23.2 Å². The van der Waals surface area contributed by atoms with E-state index in [1.807, 2.05) is 24.3 Å². The molecule has 0 unspecified atom stereocenters. The van der Waals surface area contributed by atoms with Gasteiger partial charge in [0.25, 0.3) is 0 Å². The third kappa shape index (κ3) is 4.21. The average molecular weight is 568 g/mol. The SMILES string of the molecule is O=c1ncn2nc(CCc3ccc(F)c(I4CC4)c3)ccc2c1-c1c(Cl)cccc1Cl. The van der Waals surface area contributed by atoms with Gasteiger partial charge in [-0.05, 0) is 12.1 Å². The van der Waals surface area contributed by atoms with Gasteiger partial charge in [-0.2, -0.15) is 0 Å². The Morgan fingerprint density at radius 1 is 1.00 bits per heavy atom. The summed E-state index contributed by atoms with van der Waals surface area (Å²) in [7, 11) is 0. The van der Waals surface area contributed by atoms with Crippen molar-refractivity contribution in [2.24, 2.45) is 0 Å². The molecule has 4 nitrogen and oxygen atoms in total. The normalized spacial score (nSPS) is 14.2. The van der Waals surface area contributed by atoms with Crippen LogP contribution in [0.4, 0.5) is 4.39 Å². The minimum atomic E-state index is -1.16. The first kappa shape index (κ1) is 20.8. The molecule has 0 radical (unpaired) electrons. The fraction of sp³-hybridized carbons (Fsp3) is 0.174. The molecule has 4 aromatic rings. The second kappa shape index (κ2) is 8.48. The maximum atomic E-state index is 14.0. The van der Waals surface area contributed by atoms with Crippen LogP contribution in [0.2, 0.25) is 10.0 Å². The minimum absolute atomic E-state index is 0.0453. The number of benzene rings is 2. The van der Waals surface area contributed by atoms with E-state index >= 15 is 0 Å². The van der Waals surface area contributed by atoms with Crippen LogP contribution in [-0.4, -0.2) is 23.5 Å². The summed E-state index contributed by atoms with van der Waals surface area (Å²) in [6, 6.07) is 14.3. The number of hydrogen-bond acceptors (Lipinski definition) is 3. The fourth-order valence-corrected chi connectivity index (χ4v) is 8.63. The van der Waals surface area contributed by atoms with Crippen molar-refractivity contribution in [1.29, 1.82) is 0 Å². The van der Waals surface area contributed by atoms with Gasteiger partial charge in [0, 0.05) is 0 Å². The predicted molar refractivity (Wildman–Crippen MR) is 131 cm³/mol. The zero-order chi connectivity index (χ0) is 21.5. The number of rotatable bonds is 5. The molecule has 1 fully saturated rings. The molecular weight excluding hydrogens is 551 g/mol. The van der Waals surface area contributed by atoms with Gasteiger partial charge >= 0.3 is 155 Å². The molecule has 0 bridgehead atoms. The van der Waals surface area contributed by atoms with Crippen LogP contribution in [0.3, 0.4) is 0 Å². The molecule has 0 spiro atoms. The van der Waals surface area contributed by atoms with Gasteiger partial charge in [0.15, 0.2) is 0 Å². The number of aromatic nitrogens is 3. The van der Waals surface area contributed by atoms with Crippen LogP contribution in [0.15, 0.2) is 59.7 Å². The van der Waals surface area contributed by atoms with Gasteiger partial charge < -0.3 is 0 Å². The van der Waals surface area contributed by atoms with Gasteiger partial charge in [0.1, 0.15) is 0 Å². The monoisotopic (exact) mass is 567 g/mol. The summed E-state index contributed by atoms with van der Waals surface area (Å²) in [5.74, 6) is -0.0453. The molecule has 8 heteroatoms. The van der Waals surface area contributed by atoms with Crippen molar-refractivity contribution in [3.05, 3.63) is 95.9 Å². The van der Waals surface area contributed by atoms with Crippen LogP contribution in [0.1, 0.15) is 11.3 Å². The van der Waals surface area contributed by atoms with E-state index in [1.165, 1.54) is 15.2 Å². The number of aryl methyl sites for hydroxylation is 2. The van der Waals surface area contributed by atoms with E-state index in [1.54, 1.807) is 28.8 Å². The first-order valence-electron chi connectivity index (χ1n) is 9.73. The Labute approximate surface area is 195 Å². The Kier molecular flexibility index (Phi) is 5.71. The van der Waals surface area contributed by atoms with E-state index in [2.05, 4.69) is 10.1 Å². The van der Waals surface area contributed by atoms with E-state index in [9.17, 15) is 9.18 Å². The Hall–Kier alpha value is -2.03. The molecule has 1 saturated heterocycles. The molecule has 2 aromatic carbocycles. The minimum Gasteiger partial charge on any atom is -0.0836 e. The summed E-state index contributed by atoms with van der Waals surface area (Å²) >= 11 is 11.5. The van der Waals surface area contributed by atoms with Crippen molar-refractivity contribution >= 4 is 48.5 Å². The molecular formula is C23H17Cl2FIN3O. The Morgan fingerprint density at radius 2 is 1.77 bits per heavy atom. The van der Waals surface area contributed by atoms with Crippen LogP contribution in [0.25, 0.3) is 16.6 Å². The number of alkyl halides is 2. The van der Waals surface area contributed by atoms with Crippen molar-refractivity contribution in [3.8, 4) is 11.1 Å². The summed E-state index contributed by atoms with van der Waals surface area (Å²) in [4.78, 5) is 16.5. The Morgan fingerprint density at radius 3 is 2.52 bits per heavy atom. The maximum absolute atomic E-state index is 14.0. The van der Waals surface area contributed by atoms with Crippen molar-refractivity contribution in [2.45, 2.75) is 12.8 Å². The van der Waals surface area contributed by atoms with Crippen LogP contribution in [0.5, 0.6) is 0 Å². The second-order valence-corrected chi connectivity index (χ2v) is 14.0. The molecule has 0 atom stereocenters. The topological polar surface area (TPSA) is 47.3 Å². The molecule has 0 N–H and O–H groups in total. The second-order valence-electron chi connectivity index (χ2n) is 7.26. The van der Waals surface area contributed by atoms with Gasteiger partial charge in [-0.3, -0.25) is 0 Å². The van der Waals surface area contributed by atoms with E-state index < -0.39 is 25.4 Å². The molecule has 1 aliphatic rings. The van der Waals surface area contributed by atoms with E-state index in [0.717, 1.165) is 21.2 Å². The van der Waals surface area contributed by atoms with Gasteiger partial charge in [0.2, 0.25) is 0 Å². The van der Waals surface area contributed by atoms with Gasteiger partial charge in [0.05, 0.1) is 0 Å². The molecule has 5 rings (SSSR count). The van der Waals surface area contributed by atoms with Gasteiger partial charge in [-0.1, -0.05) is 29.3 Å². The molecule has 3 heterocycles. The zero-order valence-electron chi connectivity index (χ0n) is 16.3. The van der Waals surface area contributed by atoms with E-state index in [-0.39, 0.29) is 5.82 Å². The molecule has 0 saturated carbocycles. The molecule has 1 aliphatic heterocycles. The summed E-state index contributed by atoms with van der Waals surface area (Å²) in [6.07, 6.45) is 2.88. The van der Waals surface area contributed by atoms with Crippen LogP contribution in [-0.2, 0) is 12.8 Å². The van der Waals surface area contributed by atoms with E-state index in [0.29, 0.717) is 33.1 Å². The van der Waals surface area contributed by atoms with Crippen molar-refractivity contribution in [1.82, 2.24) is 14.6 Å². The number of halogens is 4. The predicted octanol–water partition coefficient (Wildman–Crippen LogP) is 5.68. The van der Waals surface area contributed by atoms with Gasteiger partial charge in [-0.15, -0.1) is 0 Å². The van der Waals surface area contributed by atoms with Crippen molar-refractivity contribution < 1.29 is 4.39 Å². The first-order chi connectivity index (χ1) is 15.0. The number of nitrogens with zero attached hydrogens (tertiary/aromatic N) is 3. The third-order valence-corrected chi connectivity index (χ3v) is 10.5. The molecule has 31 heavy (non-hydrogen) atoms. The third-order valence-electron chi connectivity index (χ3n) is 5.20. The molecule has 0 amide bonds. The molecule has 2 aromatic heterocycles. The molecule has 0 aliphatic carbocycles. The smallest absolute Gasteiger partial charge is 0.0836 e. The standard InChI is InChI=1S/C23H17Cl2FIN3O/c24-16-2-1-3-17(25)21(16)22-20-9-7-15(29-30(20)13-28-23(22)31)6-4-14-5-8-18(26)19(12-14)27-10-11-27/h1-3,5,7-9,12-13H,4,6,10-11H2. The van der Waals surface area contributed by atoms with Crippen LogP contribution >= 0.6 is 43.0 Å². The quantitative estimate of drug-likeness (QED) is 0.230. The summed E-state index contributed by atoms with van der Waals surface area (Å²) in [6.45, 7) is 0. The fourth-order valence-electron chi connectivity index (χ4n) is 3.56. The van der Waals surface area contributed by atoms with Crippen molar-refractivity contribution in [2.75, 3.05) is 8.86 Å². The van der Waals surface area contributed by atoms with Crippen LogP contribution < -0.4 is 5.56 Å². The molecule has 158 valence electrons. The average Bonchev–Trinajstić information content (AvgIpc) is 3.59. The zero-order valence-corrected chi connectivity index (χ0v) is 20.0. The summed E-state index contributed by atoms with van der Waals surface area (Å²) in [5, 5.41) is 5.40.